The van der Waals surface area contributed by atoms with Crippen molar-refractivity contribution in [3.8, 4) is 0 Å². The SMILES string of the molecule is CCNc1nc(CC)nc(NC(C)CSC)c1C. The van der Waals surface area contributed by atoms with Crippen LogP contribution in [0, 0.1) is 6.92 Å². The van der Waals surface area contributed by atoms with Crippen LogP contribution in [0.4, 0.5) is 11.6 Å². The van der Waals surface area contributed by atoms with Crippen molar-refractivity contribution in [2.75, 3.05) is 29.2 Å². The molecule has 0 aliphatic carbocycles. The second-order valence-corrected chi connectivity index (χ2v) is 5.26. The minimum Gasteiger partial charge on any atom is -0.370 e. The van der Waals surface area contributed by atoms with Gasteiger partial charge in [0.15, 0.2) is 0 Å². The molecule has 0 aliphatic rings. The van der Waals surface area contributed by atoms with Crippen molar-refractivity contribution in [3.05, 3.63) is 11.4 Å². The Morgan fingerprint density at radius 3 is 2.44 bits per heavy atom. The highest BCUT2D eigenvalue weighted by Crippen LogP contribution is 2.21. The van der Waals surface area contributed by atoms with E-state index in [4.69, 9.17) is 0 Å². The Balaban J connectivity index is 2.97. The van der Waals surface area contributed by atoms with Crippen LogP contribution in [0.5, 0.6) is 0 Å². The average Bonchev–Trinajstić information content (AvgIpc) is 2.34. The zero-order valence-corrected chi connectivity index (χ0v) is 12.8. The molecule has 5 heteroatoms. The fraction of sp³-hybridized carbons (Fsp3) is 0.692. The lowest BCUT2D eigenvalue weighted by Gasteiger charge is -2.18. The summed E-state index contributed by atoms with van der Waals surface area (Å²) in [6.07, 6.45) is 2.97. The van der Waals surface area contributed by atoms with Gasteiger partial charge >= 0.3 is 0 Å². The van der Waals surface area contributed by atoms with E-state index in [-0.39, 0.29) is 0 Å². The molecule has 0 aromatic carbocycles. The van der Waals surface area contributed by atoms with Gasteiger partial charge in [0.2, 0.25) is 0 Å². The number of nitrogens with zero attached hydrogens (tertiary/aromatic N) is 2. The molecular formula is C13H24N4S. The lowest BCUT2D eigenvalue weighted by molar-refractivity contribution is 0.870. The molecule has 4 nitrogen and oxygen atoms in total. The number of aryl methyl sites for hydroxylation is 1. The maximum Gasteiger partial charge on any atom is 0.135 e. The van der Waals surface area contributed by atoms with Crippen LogP contribution < -0.4 is 10.6 Å². The largest absolute Gasteiger partial charge is 0.370 e. The summed E-state index contributed by atoms with van der Waals surface area (Å²) in [6.45, 7) is 9.27. The number of hydrogen-bond acceptors (Lipinski definition) is 5. The van der Waals surface area contributed by atoms with E-state index in [1.807, 2.05) is 11.8 Å². The normalized spacial score (nSPS) is 12.3. The fourth-order valence-electron chi connectivity index (χ4n) is 1.73. The number of thioether (sulfide) groups is 1. The Kier molecular flexibility index (Phi) is 6.25. The van der Waals surface area contributed by atoms with E-state index in [1.165, 1.54) is 0 Å². The number of anilines is 2. The highest BCUT2D eigenvalue weighted by Gasteiger charge is 2.11. The number of rotatable bonds is 7. The first kappa shape index (κ1) is 15.1. The van der Waals surface area contributed by atoms with Gasteiger partial charge in [0.1, 0.15) is 17.5 Å². The first-order valence-electron chi connectivity index (χ1n) is 6.49. The number of nitrogens with one attached hydrogen (secondary N) is 2. The van der Waals surface area contributed by atoms with Crippen LogP contribution in [-0.4, -0.2) is 34.6 Å². The number of hydrogen-bond donors (Lipinski definition) is 2. The van der Waals surface area contributed by atoms with Gasteiger partial charge in [-0.2, -0.15) is 11.8 Å². The predicted octanol–water partition coefficient (Wildman–Crippen LogP) is 2.94. The van der Waals surface area contributed by atoms with Crippen molar-refractivity contribution >= 4 is 23.4 Å². The highest BCUT2D eigenvalue weighted by atomic mass is 32.2. The van der Waals surface area contributed by atoms with Gasteiger partial charge in [-0.3, -0.25) is 0 Å². The average molecular weight is 268 g/mol. The van der Waals surface area contributed by atoms with E-state index in [0.717, 1.165) is 41.7 Å². The third-order valence-corrected chi connectivity index (χ3v) is 3.49. The van der Waals surface area contributed by atoms with E-state index in [9.17, 15) is 0 Å². The summed E-state index contributed by atoms with van der Waals surface area (Å²) < 4.78 is 0. The van der Waals surface area contributed by atoms with Crippen LogP contribution in [-0.2, 0) is 6.42 Å². The molecule has 0 saturated carbocycles. The summed E-state index contributed by atoms with van der Waals surface area (Å²) in [5.74, 6) is 3.86. The Hall–Kier alpha value is -0.970. The molecule has 1 atom stereocenters. The molecule has 2 N–H and O–H groups in total. The van der Waals surface area contributed by atoms with Gasteiger partial charge in [-0.15, -0.1) is 0 Å². The molecule has 0 bridgehead atoms. The molecule has 0 saturated heterocycles. The van der Waals surface area contributed by atoms with Gasteiger partial charge in [0.05, 0.1) is 0 Å². The molecule has 1 rings (SSSR count). The molecule has 1 heterocycles. The van der Waals surface area contributed by atoms with Gasteiger partial charge < -0.3 is 10.6 Å². The second kappa shape index (κ2) is 7.46. The van der Waals surface area contributed by atoms with Crippen LogP contribution in [0.15, 0.2) is 0 Å². The summed E-state index contributed by atoms with van der Waals surface area (Å²) in [5, 5.41) is 6.77. The molecule has 0 aliphatic heterocycles. The monoisotopic (exact) mass is 268 g/mol. The quantitative estimate of drug-likeness (QED) is 0.796. The van der Waals surface area contributed by atoms with Crippen LogP contribution in [0.25, 0.3) is 0 Å². The summed E-state index contributed by atoms with van der Waals surface area (Å²) in [6, 6.07) is 0.410. The van der Waals surface area contributed by atoms with Gasteiger partial charge in [0, 0.05) is 30.3 Å². The van der Waals surface area contributed by atoms with E-state index in [0.29, 0.717) is 6.04 Å². The molecular weight excluding hydrogens is 244 g/mol. The Morgan fingerprint density at radius 2 is 1.89 bits per heavy atom. The zero-order valence-electron chi connectivity index (χ0n) is 12.0. The smallest absolute Gasteiger partial charge is 0.135 e. The minimum absolute atomic E-state index is 0.410. The summed E-state index contributed by atoms with van der Waals surface area (Å²) in [5.41, 5.74) is 1.10. The molecule has 102 valence electrons. The van der Waals surface area contributed by atoms with Crippen molar-refractivity contribution in [3.63, 3.8) is 0 Å². The molecule has 1 aromatic rings. The van der Waals surface area contributed by atoms with Gasteiger partial charge in [-0.05, 0) is 27.0 Å². The van der Waals surface area contributed by atoms with E-state index >= 15 is 0 Å². The topological polar surface area (TPSA) is 49.8 Å². The van der Waals surface area contributed by atoms with Gasteiger partial charge in [-0.1, -0.05) is 6.92 Å². The molecule has 0 fully saturated rings. The summed E-state index contributed by atoms with van der Waals surface area (Å²) in [7, 11) is 0. The van der Waals surface area contributed by atoms with Crippen molar-refractivity contribution < 1.29 is 0 Å². The first-order valence-corrected chi connectivity index (χ1v) is 7.88. The van der Waals surface area contributed by atoms with Gasteiger partial charge in [-0.25, -0.2) is 9.97 Å². The Labute approximate surface area is 114 Å². The molecule has 0 amide bonds. The fourth-order valence-corrected chi connectivity index (χ4v) is 2.31. The predicted molar refractivity (Wildman–Crippen MR) is 81.8 cm³/mol. The molecule has 0 spiro atoms. The van der Waals surface area contributed by atoms with Gasteiger partial charge in [0.25, 0.3) is 0 Å². The lowest BCUT2D eigenvalue weighted by Crippen LogP contribution is -2.20. The van der Waals surface area contributed by atoms with Crippen LogP contribution in [0.2, 0.25) is 0 Å². The van der Waals surface area contributed by atoms with Crippen molar-refractivity contribution in [1.82, 2.24) is 9.97 Å². The first-order chi connectivity index (χ1) is 8.62. The maximum atomic E-state index is 4.58. The Morgan fingerprint density at radius 1 is 1.22 bits per heavy atom. The van der Waals surface area contributed by atoms with E-state index in [1.54, 1.807) is 0 Å². The third-order valence-electron chi connectivity index (χ3n) is 2.65. The van der Waals surface area contributed by atoms with Crippen molar-refractivity contribution in [2.45, 2.75) is 40.2 Å². The number of aromatic nitrogens is 2. The third kappa shape index (κ3) is 4.05. The minimum atomic E-state index is 0.410. The maximum absolute atomic E-state index is 4.58. The highest BCUT2D eigenvalue weighted by molar-refractivity contribution is 7.98. The summed E-state index contributed by atoms with van der Waals surface area (Å²) >= 11 is 1.84. The van der Waals surface area contributed by atoms with E-state index < -0.39 is 0 Å². The van der Waals surface area contributed by atoms with Crippen molar-refractivity contribution in [1.29, 1.82) is 0 Å². The standard InChI is InChI=1S/C13H24N4S/c1-6-11-16-12(14-7-2)10(4)13(17-11)15-9(3)8-18-5/h9H,6-8H2,1-5H3,(H2,14,15,16,17). The zero-order chi connectivity index (χ0) is 13.5. The van der Waals surface area contributed by atoms with Crippen LogP contribution >= 0.6 is 11.8 Å². The molecule has 18 heavy (non-hydrogen) atoms. The molecule has 1 aromatic heterocycles. The second-order valence-electron chi connectivity index (χ2n) is 4.35. The van der Waals surface area contributed by atoms with E-state index in [2.05, 4.69) is 54.6 Å². The van der Waals surface area contributed by atoms with Crippen molar-refractivity contribution in [2.24, 2.45) is 0 Å². The van der Waals surface area contributed by atoms with Crippen LogP contribution in [0.1, 0.15) is 32.2 Å². The molecule has 0 radical (unpaired) electrons. The molecule has 1 unspecified atom stereocenters. The summed E-state index contributed by atoms with van der Waals surface area (Å²) in [4.78, 5) is 9.11. The Bertz CT molecular complexity index is 381. The van der Waals surface area contributed by atoms with Crippen LogP contribution in [0.3, 0.4) is 0 Å². The lowest BCUT2D eigenvalue weighted by atomic mass is 10.2.